The van der Waals surface area contributed by atoms with Crippen molar-refractivity contribution in [3.8, 4) is 0 Å². The van der Waals surface area contributed by atoms with Gasteiger partial charge in [0.2, 0.25) is 5.91 Å². The van der Waals surface area contributed by atoms with Gasteiger partial charge in [0.1, 0.15) is 0 Å². The second-order valence-electron chi connectivity index (χ2n) is 6.24. The minimum Gasteiger partial charge on any atom is -0.352 e. The molecule has 3 nitrogen and oxygen atoms in total. The second-order valence-corrected chi connectivity index (χ2v) is 6.24. The van der Waals surface area contributed by atoms with Crippen LogP contribution in [0.15, 0.2) is 24.3 Å². The van der Waals surface area contributed by atoms with Crippen LogP contribution < -0.4 is 10.6 Å². The fourth-order valence-electron chi connectivity index (χ4n) is 3.45. The number of carbonyl (C=O) groups is 1. The molecular formula is C17H24N2O. The summed E-state index contributed by atoms with van der Waals surface area (Å²) in [6.07, 6.45) is 5.46. The van der Waals surface area contributed by atoms with Crippen molar-refractivity contribution in [2.45, 2.75) is 57.0 Å². The summed E-state index contributed by atoms with van der Waals surface area (Å²) in [7, 11) is 0. The number of piperidine rings is 1. The normalized spacial score (nSPS) is 29.6. The number of benzene rings is 1. The summed E-state index contributed by atoms with van der Waals surface area (Å²) < 4.78 is 0. The van der Waals surface area contributed by atoms with E-state index in [-0.39, 0.29) is 11.8 Å². The van der Waals surface area contributed by atoms with Crippen LogP contribution in [0.4, 0.5) is 0 Å². The molecule has 20 heavy (non-hydrogen) atoms. The third-order valence-corrected chi connectivity index (χ3v) is 4.69. The highest BCUT2D eigenvalue weighted by molar-refractivity contribution is 5.84. The molecular weight excluding hydrogens is 248 g/mol. The number of hydrogen-bond donors (Lipinski definition) is 2. The van der Waals surface area contributed by atoms with Crippen LogP contribution in [-0.2, 0) is 11.2 Å². The van der Waals surface area contributed by atoms with Gasteiger partial charge >= 0.3 is 0 Å². The minimum absolute atomic E-state index is 0.0549. The highest BCUT2D eigenvalue weighted by atomic mass is 16.1. The maximum absolute atomic E-state index is 12.6. The lowest BCUT2D eigenvalue weighted by Crippen LogP contribution is -2.49. The predicted octanol–water partition coefficient (Wildman–Crippen LogP) is 2.36. The van der Waals surface area contributed by atoms with E-state index in [0.29, 0.717) is 12.1 Å². The predicted molar refractivity (Wildman–Crippen MR) is 80.8 cm³/mol. The molecule has 0 spiro atoms. The summed E-state index contributed by atoms with van der Waals surface area (Å²) in [6, 6.07) is 9.30. The molecule has 3 unspecified atom stereocenters. The Morgan fingerprint density at radius 3 is 2.90 bits per heavy atom. The fraction of sp³-hybridized carbons (Fsp3) is 0.588. The van der Waals surface area contributed by atoms with E-state index in [2.05, 4.69) is 35.8 Å². The lowest BCUT2D eigenvalue weighted by Gasteiger charge is -2.31. The zero-order valence-corrected chi connectivity index (χ0v) is 12.2. The van der Waals surface area contributed by atoms with Crippen molar-refractivity contribution >= 4 is 5.91 Å². The van der Waals surface area contributed by atoms with Gasteiger partial charge in [-0.3, -0.25) is 4.79 Å². The molecule has 1 fully saturated rings. The number of amides is 1. The highest BCUT2D eigenvalue weighted by Gasteiger charge is 2.28. The van der Waals surface area contributed by atoms with Gasteiger partial charge in [-0.05, 0) is 50.2 Å². The average Bonchev–Trinajstić information content (AvgIpc) is 2.49. The number of carbonyl (C=O) groups excluding carboxylic acids is 1. The Bertz CT molecular complexity index is 478. The van der Waals surface area contributed by atoms with Crippen LogP contribution in [0.2, 0.25) is 0 Å². The van der Waals surface area contributed by atoms with Gasteiger partial charge < -0.3 is 10.6 Å². The zero-order chi connectivity index (χ0) is 13.9. The van der Waals surface area contributed by atoms with Gasteiger partial charge in [0, 0.05) is 18.6 Å². The van der Waals surface area contributed by atoms with Crippen LogP contribution in [-0.4, -0.2) is 24.5 Å². The van der Waals surface area contributed by atoms with Crippen molar-refractivity contribution in [1.29, 1.82) is 0 Å². The van der Waals surface area contributed by atoms with Crippen LogP contribution in [0.3, 0.4) is 0 Å². The maximum Gasteiger partial charge on any atom is 0.227 e. The Kier molecular flexibility index (Phi) is 4.06. The van der Waals surface area contributed by atoms with Crippen molar-refractivity contribution in [1.82, 2.24) is 10.6 Å². The minimum atomic E-state index is 0.0549. The van der Waals surface area contributed by atoms with E-state index in [1.165, 1.54) is 11.1 Å². The number of fused-ring (bicyclic) bond motifs is 1. The molecule has 1 aromatic carbocycles. The Balaban J connectivity index is 1.66. The van der Waals surface area contributed by atoms with E-state index in [1.807, 2.05) is 6.07 Å². The van der Waals surface area contributed by atoms with Crippen LogP contribution in [0.25, 0.3) is 0 Å². The zero-order valence-electron chi connectivity index (χ0n) is 12.2. The van der Waals surface area contributed by atoms with E-state index in [0.717, 1.165) is 38.6 Å². The molecule has 3 rings (SSSR count). The lowest BCUT2D eigenvalue weighted by molar-refractivity contribution is -0.123. The van der Waals surface area contributed by atoms with E-state index in [9.17, 15) is 4.79 Å². The first-order chi connectivity index (χ1) is 9.74. The van der Waals surface area contributed by atoms with Gasteiger partial charge in [0.15, 0.2) is 0 Å². The molecule has 108 valence electrons. The summed E-state index contributed by atoms with van der Waals surface area (Å²) >= 11 is 0. The fourth-order valence-corrected chi connectivity index (χ4v) is 3.45. The molecule has 0 aromatic heterocycles. The van der Waals surface area contributed by atoms with Crippen molar-refractivity contribution in [3.63, 3.8) is 0 Å². The molecule has 2 aliphatic rings. The Morgan fingerprint density at radius 1 is 1.25 bits per heavy atom. The first-order valence-corrected chi connectivity index (χ1v) is 7.85. The summed E-state index contributed by atoms with van der Waals surface area (Å²) in [4.78, 5) is 12.6. The molecule has 3 atom stereocenters. The molecule has 1 saturated heterocycles. The molecule has 1 aromatic rings. The van der Waals surface area contributed by atoms with Gasteiger partial charge in [0.25, 0.3) is 0 Å². The Labute approximate surface area is 121 Å². The molecule has 0 saturated carbocycles. The standard InChI is InChI=1S/C17H24N2O/c1-12-9-10-14(11-18-12)19-17(20)16-8-4-6-13-5-2-3-7-15(13)16/h2-3,5,7,12,14,16,18H,4,6,8-11H2,1H3,(H,19,20). The lowest BCUT2D eigenvalue weighted by atomic mass is 9.82. The average molecular weight is 272 g/mol. The summed E-state index contributed by atoms with van der Waals surface area (Å²) in [6.45, 7) is 3.11. The maximum atomic E-state index is 12.6. The largest absolute Gasteiger partial charge is 0.352 e. The van der Waals surface area contributed by atoms with Crippen LogP contribution >= 0.6 is 0 Å². The third kappa shape index (κ3) is 2.88. The summed E-state index contributed by atoms with van der Waals surface area (Å²) in [5, 5.41) is 6.69. The quantitative estimate of drug-likeness (QED) is 0.868. The molecule has 0 bridgehead atoms. The number of hydrogen-bond acceptors (Lipinski definition) is 2. The van der Waals surface area contributed by atoms with Crippen LogP contribution in [0.1, 0.15) is 49.7 Å². The molecule has 3 heteroatoms. The first kappa shape index (κ1) is 13.6. The Morgan fingerprint density at radius 2 is 2.10 bits per heavy atom. The van der Waals surface area contributed by atoms with Crippen molar-refractivity contribution in [2.24, 2.45) is 0 Å². The first-order valence-electron chi connectivity index (χ1n) is 7.85. The van der Waals surface area contributed by atoms with Gasteiger partial charge in [-0.1, -0.05) is 24.3 Å². The molecule has 1 heterocycles. The second kappa shape index (κ2) is 5.96. The van der Waals surface area contributed by atoms with E-state index < -0.39 is 0 Å². The van der Waals surface area contributed by atoms with Crippen molar-refractivity contribution in [3.05, 3.63) is 35.4 Å². The van der Waals surface area contributed by atoms with Crippen LogP contribution in [0.5, 0.6) is 0 Å². The van der Waals surface area contributed by atoms with E-state index in [4.69, 9.17) is 0 Å². The molecule has 2 N–H and O–H groups in total. The van der Waals surface area contributed by atoms with Gasteiger partial charge in [0.05, 0.1) is 5.92 Å². The molecule has 1 aliphatic carbocycles. The van der Waals surface area contributed by atoms with E-state index >= 15 is 0 Å². The van der Waals surface area contributed by atoms with Crippen molar-refractivity contribution in [2.75, 3.05) is 6.54 Å². The number of rotatable bonds is 2. The van der Waals surface area contributed by atoms with Gasteiger partial charge in [-0.15, -0.1) is 0 Å². The van der Waals surface area contributed by atoms with Gasteiger partial charge in [-0.2, -0.15) is 0 Å². The Hall–Kier alpha value is -1.35. The smallest absolute Gasteiger partial charge is 0.227 e. The van der Waals surface area contributed by atoms with Gasteiger partial charge in [-0.25, -0.2) is 0 Å². The number of aryl methyl sites for hydroxylation is 1. The third-order valence-electron chi connectivity index (χ3n) is 4.69. The monoisotopic (exact) mass is 272 g/mol. The molecule has 0 radical (unpaired) electrons. The summed E-state index contributed by atoms with van der Waals surface area (Å²) in [5.41, 5.74) is 2.60. The topological polar surface area (TPSA) is 41.1 Å². The number of nitrogens with one attached hydrogen (secondary N) is 2. The van der Waals surface area contributed by atoms with Crippen molar-refractivity contribution < 1.29 is 4.79 Å². The van der Waals surface area contributed by atoms with Crippen LogP contribution in [0, 0.1) is 0 Å². The SMILES string of the molecule is CC1CCC(NC(=O)C2CCCc3ccccc32)CN1. The molecule has 1 aliphatic heterocycles. The summed E-state index contributed by atoms with van der Waals surface area (Å²) in [5.74, 6) is 0.276. The highest BCUT2D eigenvalue weighted by Crippen LogP contribution is 2.31. The van der Waals surface area contributed by atoms with E-state index in [1.54, 1.807) is 0 Å². The molecule has 1 amide bonds.